The average molecular weight is 222 g/mol. The molecule has 1 aromatic heterocycles. The molecule has 0 bridgehead atoms. The normalized spacial score (nSPS) is 10.7. The topological polar surface area (TPSA) is 40.8 Å². The summed E-state index contributed by atoms with van der Waals surface area (Å²) in [5.41, 5.74) is 0.689. The molecule has 4 nitrogen and oxygen atoms in total. The van der Waals surface area contributed by atoms with Gasteiger partial charge in [0.05, 0.1) is 12.5 Å². The van der Waals surface area contributed by atoms with Crippen molar-refractivity contribution in [2.45, 2.75) is 6.92 Å². The van der Waals surface area contributed by atoms with Crippen LogP contribution in [0.5, 0.6) is 11.5 Å². The van der Waals surface area contributed by atoms with Crippen molar-refractivity contribution in [2.24, 2.45) is 0 Å². The van der Waals surface area contributed by atoms with E-state index in [4.69, 9.17) is 18.6 Å². The molecule has 4 heteroatoms. The zero-order valence-electron chi connectivity index (χ0n) is 9.57. The quantitative estimate of drug-likeness (QED) is 0.746. The first-order valence-corrected chi connectivity index (χ1v) is 4.95. The molecule has 2 aromatic rings. The second-order valence-corrected chi connectivity index (χ2v) is 3.42. The van der Waals surface area contributed by atoms with Crippen LogP contribution >= 0.6 is 0 Å². The Morgan fingerprint density at radius 2 is 1.94 bits per heavy atom. The van der Waals surface area contributed by atoms with E-state index in [0.29, 0.717) is 11.3 Å². The predicted molar refractivity (Wildman–Crippen MR) is 60.0 cm³/mol. The summed E-state index contributed by atoms with van der Waals surface area (Å²) in [5, 5.41) is 0.911. The van der Waals surface area contributed by atoms with Crippen molar-refractivity contribution in [1.82, 2.24) is 0 Å². The second kappa shape index (κ2) is 4.45. The summed E-state index contributed by atoms with van der Waals surface area (Å²) < 4.78 is 21.1. The van der Waals surface area contributed by atoms with Crippen LogP contribution in [0.2, 0.25) is 0 Å². The second-order valence-electron chi connectivity index (χ2n) is 3.42. The van der Waals surface area contributed by atoms with E-state index >= 15 is 0 Å². The molecule has 0 aliphatic carbocycles. The number of aryl methyl sites for hydroxylation is 1. The third-order valence-electron chi connectivity index (χ3n) is 2.28. The van der Waals surface area contributed by atoms with Gasteiger partial charge >= 0.3 is 0 Å². The Bertz CT molecular complexity index is 487. The number of methoxy groups -OCH3 is 2. The van der Waals surface area contributed by atoms with Gasteiger partial charge in [0.1, 0.15) is 11.5 Å². The molecule has 0 unspecified atom stereocenters. The average Bonchev–Trinajstić information content (AvgIpc) is 2.67. The van der Waals surface area contributed by atoms with E-state index < -0.39 is 0 Å². The largest absolute Gasteiger partial charge is 0.496 e. The third kappa shape index (κ3) is 1.84. The lowest BCUT2D eigenvalue weighted by Gasteiger charge is -2.07. The molecule has 0 atom stereocenters. The molecular weight excluding hydrogens is 208 g/mol. The van der Waals surface area contributed by atoms with Gasteiger partial charge in [-0.15, -0.1) is 0 Å². The van der Waals surface area contributed by atoms with E-state index in [1.165, 1.54) is 0 Å². The standard InChI is InChI=1S/C12H14O4/c1-8-6-9-10(14-3)4-5-11(12(9)16-8)15-7-13-2/h4-6H,7H2,1-3H3. The fraction of sp³-hybridized carbons (Fsp3) is 0.333. The Morgan fingerprint density at radius 1 is 1.19 bits per heavy atom. The Balaban J connectivity index is 2.51. The molecule has 1 heterocycles. The van der Waals surface area contributed by atoms with Crippen LogP contribution in [0, 0.1) is 6.92 Å². The molecule has 0 aliphatic heterocycles. The minimum Gasteiger partial charge on any atom is -0.496 e. The van der Waals surface area contributed by atoms with Crippen LogP contribution in [0.25, 0.3) is 11.0 Å². The molecule has 0 N–H and O–H groups in total. The molecule has 0 saturated heterocycles. The van der Waals surface area contributed by atoms with Crippen molar-refractivity contribution in [3.05, 3.63) is 24.0 Å². The number of fused-ring (bicyclic) bond motifs is 1. The first-order valence-electron chi connectivity index (χ1n) is 4.95. The molecule has 86 valence electrons. The van der Waals surface area contributed by atoms with E-state index in [9.17, 15) is 0 Å². The van der Waals surface area contributed by atoms with Crippen molar-refractivity contribution in [1.29, 1.82) is 0 Å². The summed E-state index contributed by atoms with van der Waals surface area (Å²) in [7, 11) is 3.21. The van der Waals surface area contributed by atoms with E-state index in [-0.39, 0.29) is 6.79 Å². The van der Waals surface area contributed by atoms with Crippen molar-refractivity contribution >= 4 is 11.0 Å². The summed E-state index contributed by atoms with van der Waals surface area (Å²) in [6.07, 6.45) is 0. The summed E-state index contributed by atoms with van der Waals surface area (Å²) >= 11 is 0. The summed E-state index contributed by atoms with van der Waals surface area (Å²) in [6.45, 7) is 2.08. The highest BCUT2D eigenvalue weighted by atomic mass is 16.7. The van der Waals surface area contributed by atoms with Crippen molar-refractivity contribution in [3.8, 4) is 11.5 Å². The Kier molecular flexibility index (Phi) is 3.01. The molecule has 0 spiro atoms. The highest BCUT2D eigenvalue weighted by Gasteiger charge is 2.12. The van der Waals surface area contributed by atoms with Gasteiger partial charge in [0.25, 0.3) is 0 Å². The number of benzene rings is 1. The van der Waals surface area contributed by atoms with Crippen LogP contribution in [0.1, 0.15) is 5.76 Å². The summed E-state index contributed by atoms with van der Waals surface area (Å²) in [4.78, 5) is 0. The van der Waals surface area contributed by atoms with Crippen LogP contribution in [-0.2, 0) is 4.74 Å². The molecule has 0 amide bonds. The van der Waals surface area contributed by atoms with Gasteiger partial charge in [-0.25, -0.2) is 0 Å². The Hall–Kier alpha value is -1.68. The van der Waals surface area contributed by atoms with E-state index in [1.54, 1.807) is 14.2 Å². The minimum absolute atomic E-state index is 0.196. The fourth-order valence-corrected chi connectivity index (χ4v) is 1.61. The minimum atomic E-state index is 0.196. The Labute approximate surface area is 93.7 Å². The lowest BCUT2D eigenvalue weighted by molar-refractivity contribution is 0.0514. The molecule has 0 aliphatic rings. The highest BCUT2D eigenvalue weighted by Crippen LogP contribution is 2.35. The summed E-state index contributed by atoms with van der Waals surface area (Å²) in [5.74, 6) is 2.25. The van der Waals surface area contributed by atoms with E-state index in [0.717, 1.165) is 16.9 Å². The van der Waals surface area contributed by atoms with Crippen molar-refractivity contribution in [2.75, 3.05) is 21.0 Å². The first kappa shape index (κ1) is 10.8. The zero-order valence-corrected chi connectivity index (χ0v) is 9.57. The first-order chi connectivity index (χ1) is 7.76. The number of hydrogen-bond donors (Lipinski definition) is 0. The van der Waals surface area contributed by atoms with Crippen molar-refractivity contribution < 1.29 is 18.6 Å². The molecule has 2 rings (SSSR count). The van der Waals surface area contributed by atoms with Gasteiger partial charge in [0.15, 0.2) is 18.1 Å². The monoisotopic (exact) mass is 222 g/mol. The predicted octanol–water partition coefficient (Wildman–Crippen LogP) is 2.73. The van der Waals surface area contributed by atoms with Gasteiger partial charge in [-0.05, 0) is 25.1 Å². The maximum Gasteiger partial charge on any atom is 0.188 e. The maximum absolute atomic E-state index is 5.58. The molecule has 1 aromatic carbocycles. The third-order valence-corrected chi connectivity index (χ3v) is 2.28. The van der Waals surface area contributed by atoms with Crippen LogP contribution in [0.15, 0.2) is 22.6 Å². The number of rotatable bonds is 4. The van der Waals surface area contributed by atoms with Crippen LogP contribution in [-0.4, -0.2) is 21.0 Å². The molecular formula is C12H14O4. The van der Waals surface area contributed by atoms with Crippen LogP contribution in [0.4, 0.5) is 0 Å². The number of furan rings is 1. The lowest BCUT2D eigenvalue weighted by Crippen LogP contribution is -1.99. The fourth-order valence-electron chi connectivity index (χ4n) is 1.61. The zero-order chi connectivity index (χ0) is 11.5. The maximum atomic E-state index is 5.58. The van der Waals surface area contributed by atoms with Crippen LogP contribution < -0.4 is 9.47 Å². The van der Waals surface area contributed by atoms with Gasteiger partial charge in [-0.3, -0.25) is 0 Å². The number of hydrogen-bond acceptors (Lipinski definition) is 4. The smallest absolute Gasteiger partial charge is 0.188 e. The van der Waals surface area contributed by atoms with E-state index in [2.05, 4.69) is 0 Å². The van der Waals surface area contributed by atoms with Gasteiger partial charge < -0.3 is 18.6 Å². The van der Waals surface area contributed by atoms with Gasteiger partial charge in [-0.1, -0.05) is 0 Å². The summed E-state index contributed by atoms with van der Waals surface area (Å²) in [6, 6.07) is 5.58. The van der Waals surface area contributed by atoms with Gasteiger partial charge in [0, 0.05) is 7.11 Å². The van der Waals surface area contributed by atoms with E-state index in [1.807, 2.05) is 25.1 Å². The number of ether oxygens (including phenoxy) is 3. The van der Waals surface area contributed by atoms with Crippen molar-refractivity contribution in [3.63, 3.8) is 0 Å². The van der Waals surface area contributed by atoms with Gasteiger partial charge in [0.2, 0.25) is 0 Å². The molecule has 0 saturated carbocycles. The lowest BCUT2D eigenvalue weighted by atomic mass is 10.2. The van der Waals surface area contributed by atoms with Gasteiger partial charge in [-0.2, -0.15) is 0 Å². The Morgan fingerprint density at radius 3 is 2.62 bits per heavy atom. The van der Waals surface area contributed by atoms with Crippen LogP contribution in [0.3, 0.4) is 0 Å². The molecule has 0 fully saturated rings. The molecule has 16 heavy (non-hydrogen) atoms. The highest BCUT2D eigenvalue weighted by molar-refractivity contribution is 5.89. The SMILES string of the molecule is COCOc1ccc(OC)c2cc(C)oc12. The molecule has 0 radical (unpaired) electrons.